The van der Waals surface area contributed by atoms with Crippen LogP contribution in [-0.4, -0.2) is 36.1 Å². The Morgan fingerprint density at radius 3 is 2.94 bits per heavy atom. The second-order valence-electron chi connectivity index (χ2n) is 4.53. The third-order valence-electron chi connectivity index (χ3n) is 3.26. The molecule has 1 atom stereocenters. The van der Waals surface area contributed by atoms with Crippen molar-refractivity contribution in [3.05, 3.63) is 33.9 Å². The topological polar surface area (TPSA) is 81.6 Å². The fourth-order valence-electron chi connectivity index (χ4n) is 2.26. The Balaban J connectivity index is 2.02. The Hall–Kier alpha value is -1.66. The fourth-order valence-corrected chi connectivity index (χ4v) is 2.26. The first kappa shape index (κ1) is 12.8. The minimum Gasteiger partial charge on any atom is -0.393 e. The zero-order chi connectivity index (χ0) is 13.1. The highest BCUT2D eigenvalue weighted by Gasteiger charge is 2.22. The zero-order valence-electron chi connectivity index (χ0n) is 10.3. The summed E-state index contributed by atoms with van der Waals surface area (Å²) in [6, 6.07) is 4.90. The molecule has 0 radical (unpaired) electrons. The van der Waals surface area contributed by atoms with E-state index in [1.807, 2.05) is 0 Å². The summed E-state index contributed by atoms with van der Waals surface area (Å²) < 4.78 is 5.30. The van der Waals surface area contributed by atoms with Crippen LogP contribution in [0.5, 0.6) is 0 Å². The lowest BCUT2D eigenvalue weighted by molar-refractivity contribution is -0.383. The zero-order valence-corrected chi connectivity index (χ0v) is 10.3. The molecule has 2 N–H and O–H groups in total. The summed E-state index contributed by atoms with van der Waals surface area (Å²) in [6.45, 7) is 2.63. The molecule has 1 aromatic rings. The van der Waals surface area contributed by atoms with Crippen LogP contribution in [0.1, 0.15) is 12.0 Å². The number of likely N-dealkylation sites (tertiary alicyclic amines) is 1. The number of methoxy groups -OCH3 is 1. The van der Waals surface area contributed by atoms with Gasteiger partial charge >= 0.3 is 0 Å². The summed E-state index contributed by atoms with van der Waals surface area (Å²) in [6.07, 6.45) is 1.32. The van der Waals surface area contributed by atoms with Crippen LogP contribution in [0.25, 0.3) is 0 Å². The van der Waals surface area contributed by atoms with Crippen LogP contribution in [0.3, 0.4) is 0 Å². The highest BCUT2D eigenvalue weighted by Crippen LogP contribution is 2.23. The summed E-state index contributed by atoms with van der Waals surface area (Å²) in [5.74, 6) is 0. The molecule has 18 heavy (non-hydrogen) atoms. The van der Waals surface area contributed by atoms with Crippen molar-refractivity contribution in [1.82, 2.24) is 4.90 Å². The van der Waals surface area contributed by atoms with Crippen molar-refractivity contribution in [1.29, 1.82) is 0 Å². The first-order valence-corrected chi connectivity index (χ1v) is 5.88. The SMILES string of the molecule is COC1CCN(Cc2ccc([N+](=O)[O-])c(N)c2)C1. The number of rotatable bonds is 4. The molecule has 1 aliphatic heterocycles. The second kappa shape index (κ2) is 5.32. The second-order valence-corrected chi connectivity index (χ2v) is 4.53. The van der Waals surface area contributed by atoms with Crippen molar-refractivity contribution in [2.45, 2.75) is 19.1 Å². The maximum absolute atomic E-state index is 10.7. The molecular formula is C12H17N3O3. The average Bonchev–Trinajstić information content (AvgIpc) is 2.76. The summed E-state index contributed by atoms with van der Waals surface area (Å²) in [4.78, 5) is 12.5. The van der Waals surface area contributed by atoms with Crippen LogP contribution >= 0.6 is 0 Å². The number of nitrogens with two attached hydrogens (primary N) is 1. The molecule has 1 aromatic carbocycles. The molecule has 6 heteroatoms. The molecule has 2 rings (SSSR count). The Labute approximate surface area is 105 Å². The van der Waals surface area contributed by atoms with Crippen molar-refractivity contribution < 1.29 is 9.66 Å². The molecule has 0 aliphatic carbocycles. The summed E-state index contributed by atoms with van der Waals surface area (Å²) in [7, 11) is 1.72. The van der Waals surface area contributed by atoms with Crippen LogP contribution in [0.4, 0.5) is 11.4 Å². The number of hydrogen-bond donors (Lipinski definition) is 1. The molecule has 0 bridgehead atoms. The van der Waals surface area contributed by atoms with Gasteiger partial charge in [-0.3, -0.25) is 15.0 Å². The third kappa shape index (κ3) is 2.77. The predicted octanol–water partition coefficient (Wildman–Crippen LogP) is 1.40. The van der Waals surface area contributed by atoms with Crippen molar-refractivity contribution in [2.24, 2.45) is 0 Å². The van der Waals surface area contributed by atoms with E-state index in [0.29, 0.717) is 6.10 Å². The molecule has 1 aliphatic rings. The van der Waals surface area contributed by atoms with E-state index in [1.165, 1.54) is 6.07 Å². The minimum atomic E-state index is -0.462. The van der Waals surface area contributed by atoms with E-state index in [-0.39, 0.29) is 11.4 Å². The number of nitrogen functional groups attached to an aromatic ring is 1. The maximum atomic E-state index is 10.7. The van der Waals surface area contributed by atoms with E-state index < -0.39 is 4.92 Å². The first-order chi connectivity index (χ1) is 8.60. The van der Waals surface area contributed by atoms with E-state index >= 15 is 0 Å². The molecule has 1 saturated heterocycles. The monoisotopic (exact) mass is 251 g/mol. The van der Waals surface area contributed by atoms with Gasteiger partial charge in [-0.15, -0.1) is 0 Å². The van der Waals surface area contributed by atoms with Crippen LogP contribution < -0.4 is 5.73 Å². The molecule has 0 saturated carbocycles. The fraction of sp³-hybridized carbons (Fsp3) is 0.500. The van der Waals surface area contributed by atoms with Crippen LogP contribution in [-0.2, 0) is 11.3 Å². The van der Waals surface area contributed by atoms with Crippen molar-refractivity contribution in [3.8, 4) is 0 Å². The Kier molecular flexibility index (Phi) is 3.78. The van der Waals surface area contributed by atoms with Gasteiger partial charge in [0.1, 0.15) is 5.69 Å². The Bertz CT molecular complexity index is 450. The largest absolute Gasteiger partial charge is 0.393 e. The van der Waals surface area contributed by atoms with E-state index in [1.54, 1.807) is 19.2 Å². The number of nitrogens with zero attached hydrogens (tertiary/aromatic N) is 2. The normalized spacial score (nSPS) is 20.2. The Morgan fingerprint density at radius 2 is 2.39 bits per heavy atom. The van der Waals surface area contributed by atoms with Gasteiger partial charge in [0.25, 0.3) is 5.69 Å². The lowest BCUT2D eigenvalue weighted by Gasteiger charge is -2.15. The number of nitro groups is 1. The molecule has 1 unspecified atom stereocenters. The minimum absolute atomic E-state index is 0.0325. The standard InChI is InChI=1S/C12H17N3O3/c1-18-10-4-5-14(8-10)7-9-2-3-12(15(16)17)11(13)6-9/h2-3,6,10H,4-5,7-8,13H2,1H3. The molecule has 0 amide bonds. The van der Waals surface area contributed by atoms with Gasteiger partial charge in [-0.2, -0.15) is 0 Å². The molecule has 6 nitrogen and oxygen atoms in total. The number of ether oxygens (including phenoxy) is 1. The maximum Gasteiger partial charge on any atom is 0.292 e. The van der Waals surface area contributed by atoms with Crippen molar-refractivity contribution in [3.63, 3.8) is 0 Å². The van der Waals surface area contributed by atoms with Gasteiger partial charge in [-0.25, -0.2) is 0 Å². The lowest BCUT2D eigenvalue weighted by atomic mass is 10.1. The van der Waals surface area contributed by atoms with Crippen molar-refractivity contribution in [2.75, 3.05) is 25.9 Å². The van der Waals surface area contributed by atoms with Crippen LogP contribution in [0.15, 0.2) is 18.2 Å². The van der Waals surface area contributed by atoms with Crippen molar-refractivity contribution >= 4 is 11.4 Å². The van der Waals surface area contributed by atoms with Crippen LogP contribution in [0, 0.1) is 10.1 Å². The van der Waals surface area contributed by atoms with E-state index in [2.05, 4.69) is 4.90 Å². The highest BCUT2D eigenvalue weighted by molar-refractivity contribution is 5.59. The number of hydrogen-bond acceptors (Lipinski definition) is 5. The van der Waals surface area contributed by atoms with Gasteiger partial charge < -0.3 is 10.5 Å². The summed E-state index contributed by atoms with van der Waals surface area (Å²) in [5.41, 5.74) is 6.85. The summed E-state index contributed by atoms with van der Waals surface area (Å²) in [5, 5.41) is 10.7. The Morgan fingerprint density at radius 1 is 1.61 bits per heavy atom. The van der Waals surface area contributed by atoms with Gasteiger partial charge in [-0.05, 0) is 18.1 Å². The predicted molar refractivity (Wildman–Crippen MR) is 68.2 cm³/mol. The molecular weight excluding hydrogens is 234 g/mol. The first-order valence-electron chi connectivity index (χ1n) is 5.88. The third-order valence-corrected chi connectivity index (χ3v) is 3.26. The van der Waals surface area contributed by atoms with Gasteiger partial charge in [0.15, 0.2) is 0 Å². The highest BCUT2D eigenvalue weighted by atomic mass is 16.6. The van der Waals surface area contributed by atoms with Gasteiger partial charge in [0.05, 0.1) is 11.0 Å². The van der Waals surface area contributed by atoms with Gasteiger partial charge in [0.2, 0.25) is 0 Å². The van der Waals surface area contributed by atoms with Gasteiger partial charge in [-0.1, -0.05) is 6.07 Å². The number of anilines is 1. The molecule has 0 aromatic heterocycles. The number of benzene rings is 1. The molecule has 98 valence electrons. The summed E-state index contributed by atoms with van der Waals surface area (Å²) >= 11 is 0. The quantitative estimate of drug-likeness (QED) is 0.497. The molecule has 1 fully saturated rings. The van der Waals surface area contributed by atoms with E-state index in [9.17, 15) is 10.1 Å². The smallest absolute Gasteiger partial charge is 0.292 e. The lowest BCUT2D eigenvalue weighted by Crippen LogP contribution is -2.22. The molecule has 0 spiro atoms. The average molecular weight is 251 g/mol. The van der Waals surface area contributed by atoms with E-state index in [0.717, 1.165) is 31.6 Å². The number of nitro benzene ring substituents is 1. The van der Waals surface area contributed by atoms with Crippen LogP contribution in [0.2, 0.25) is 0 Å². The van der Waals surface area contributed by atoms with E-state index in [4.69, 9.17) is 10.5 Å². The van der Waals surface area contributed by atoms with Gasteiger partial charge in [0, 0.05) is 32.8 Å². The molecule has 1 heterocycles.